The number of nitriles is 1. The van der Waals surface area contributed by atoms with E-state index in [0.29, 0.717) is 26.2 Å². The summed E-state index contributed by atoms with van der Waals surface area (Å²) >= 11 is 0. The molecule has 5 heteroatoms. The van der Waals surface area contributed by atoms with E-state index >= 15 is 0 Å². The highest BCUT2D eigenvalue weighted by molar-refractivity contribution is 5.79. The Morgan fingerprint density at radius 3 is 2.64 bits per heavy atom. The monoisotopic (exact) mass is 336 g/mol. The molecule has 25 heavy (non-hydrogen) atoms. The summed E-state index contributed by atoms with van der Waals surface area (Å²) in [6.07, 6.45) is 0.705. The van der Waals surface area contributed by atoms with E-state index in [1.807, 2.05) is 42.5 Å². The molecular weight excluding hydrogens is 316 g/mol. The van der Waals surface area contributed by atoms with Crippen LogP contribution >= 0.6 is 0 Å². The lowest BCUT2D eigenvalue weighted by molar-refractivity contribution is -0.125. The second-order valence-electron chi connectivity index (χ2n) is 5.97. The van der Waals surface area contributed by atoms with E-state index < -0.39 is 6.04 Å². The zero-order valence-corrected chi connectivity index (χ0v) is 13.9. The van der Waals surface area contributed by atoms with Crippen LogP contribution in [0.2, 0.25) is 0 Å². The topological polar surface area (TPSA) is 71.4 Å². The summed E-state index contributed by atoms with van der Waals surface area (Å²) in [5, 5.41) is 12.1. The Balaban J connectivity index is 1.58. The average Bonchev–Trinajstić information content (AvgIpc) is 3.20. The van der Waals surface area contributed by atoms with Crippen molar-refractivity contribution in [2.75, 3.05) is 13.2 Å². The lowest BCUT2D eigenvalue weighted by Gasteiger charge is -2.15. The first-order valence-corrected chi connectivity index (χ1v) is 8.30. The first kappa shape index (κ1) is 17.0. The van der Waals surface area contributed by atoms with Crippen molar-refractivity contribution < 1.29 is 14.3 Å². The van der Waals surface area contributed by atoms with Crippen molar-refractivity contribution in [3.05, 3.63) is 65.7 Å². The molecule has 3 rings (SSSR count). The largest absolute Gasteiger partial charge is 0.489 e. The van der Waals surface area contributed by atoms with Crippen LogP contribution < -0.4 is 10.1 Å². The summed E-state index contributed by atoms with van der Waals surface area (Å²) in [5.41, 5.74) is 1.83. The van der Waals surface area contributed by atoms with Crippen molar-refractivity contribution in [2.45, 2.75) is 19.1 Å². The molecular formula is C20H20N2O3. The summed E-state index contributed by atoms with van der Waals surface area (Å²) in [5.74, 6) is 0.428. The Hall–Kier alpha value is -2.84. The van der Waals surface area contributed by atoms with E-state index in [0.717, 1.165) is 16.9 Å². The van der Waals surface area contributed by atoms with E-state index in [-0.39, 0.29) is 11.8 Å². The Morgan fingerprint density at radius 1 is 1.24 bits per heavy atom. The molecule has 1 heterocycles. The van der Waals surface area contributed by atoms with Gasteiger partial charge in [-0.1, -0.05) is 42.5 Å². The fourth-order valence-electron chi connectivity index (χ4n) is 2.69. The average molecular weight is 336 g/mol. The number of benzene rings is 2. The smallest absolute Gasteiger partial charge is 0.226 e. The third-order valence-corrected chi connectivity index (χ3v) is 4.18. The van der Waals surface area contributed by atoms with Gasteiger partial charge in [-0.15, -0.1) is 0 Å². The minimum atomic E-state index is -0.670. The number of ether oxygens (including phenoxy) is 2. The van der Waals surface area contributed by atoms with Crippen LogP contribution in [0.25, 0.3) is 0 Å². The fourth-order valence-corrected chi connectivity index (χ4v) is 2.69. The van der Waals surface area contributed by atoms with Gasteiger partial charge in [0.05, 0.1) is 18.6 Å². The molecule has 1 saturated heterocycles. The van der Waals surface area contributed by atoms with Crippen molar-refractivity contribution >= 4 is 5.91 Å². The summed E-state index contributed by atoms with van der Waals surface area (Å²) in [7, 11) is 0. The zero-order chi connectivity index (χ0) is 17.5. The summed E-state index contributed by atoms with van der Waals surface area (Å²) in [6.45, 7) is 1.51. The molecule has 0 radical (unpaired) electrons. The van der Waals surface area contributed by atoms with Gasteiger partial charge in [-0.2, -0.15) is 5.26 Å². The Morgan fingerprint density at radius 2 is 2.00 bits per heavy atom. The summed E-state index contributed by atoms with van der Waals surface area (Å²) in [4.78, 5) is 12.1. The molecule has 1 amide bonds. The SMILES string of the molecule is N#C[C@H](NC(=O)[C@H]1CCOC1)c1ccc(OCc2ccccc2)cc1. The van der Waals surface area contributed by atoms with Crippen LogP contribution in [0, 0.1) is 17.2 Å². The molecule has 1 aliphatic rings. The normalized spacial score (nSPS) is 17.5. The van der Waals surface area contributed by atoms with Crippen LogP contribution in [0.1, 0.15) is 23.6 Å². The molecule has 0 spiro atoms. The number of hydrogen-bond acceptors (Lipinski definition) is 4. The lowest BCUT2D eigenvalue weighted by Crippen LogP contribution is -2.33. The molecule has 0 saturated carbocycles. The number of carbonyl (C=O) groups excluding carboxylic acids is 1. The second kappa shape index (κ2) is 8.32. The maximum atomic E-state index is 12.1. The molecule has 1 aliphatic heterocycles. The van der Waals surface area contributed by atoms with Gasteiger partial charge < -0.3 is 14.8 Å². The van der Waals surface area contributed by atoms with Crippen LogP contribution in [0.5, 0.6) is 5.75 Å². The minimum absolute atomic E-state index is 0.131. The van der Waals surface area contributed by atoms with E-state index in [2.05, 4.69) is 11.4 Å². The van der Waals surface area contributed by atoms with Crippen LogP contribution in [-0.4, -0.2) is 19.1 Å². The van der Waals surface area contributed by atoms with Crippen LogP contribution in [0.3, 0.4) is 0 Å². The van der Waals surface area contributed by atoms with Gasteiger partial charge in [0.2, 0.25) is 5.91 Å². The van der Waals surface area contributed by atoms with Gasteiger partial charge in [0.1, 0.15) is 18.4 Å². The number of carbonyl (C=O) groups is 1. The molecule has 128 valence electrons. The lowest BCUT2D eigenvalue weighted by atomic mass is 10.0. The number of amides is 1. The standard InChI is InChI=1S/C20H20N2O3/c21-12-19(22-20(23)17-10-11-24-14-17)16-6-8-18(9-7-16)25-13-15-4-2-1-3-5-15/h1-9,17,19H,10-11,13-14H2,(H,22,23)/t17-,19-/m0/s1. The molecule has 2 aromatic rings. The fraction of sp³-hybridized carbons (Fsp3) is 0.300. The molecule has 2 atom stereocenters. The molecule has 5 nitrogen and oxygen atoms in total. The number of hydrogen-bond donors (Lipinski definition) is 1. The van der Waals surface area contributed by atoms with Crippen LogP contribution in [0.4, 0.5) is 0 Å². The molecule has 0 aliphatic carbocycles. The van der Waals surface area contributed by atoms with E-state index in [4.69, 9.17) is 9.47 Å². The Kier molecular flexibility index (Phi) is 5.65. The highest BCUT2D eigenvalue weighted by Gasteiger charge is 2.25. The third-order valence-electron chi connectivity index (χ3n) is 4.18. The summed E-state index contributed by atoms with van der Waals surface area (Å²) in [6, 6.07) is 18.6. The van der Waals surface area contributed by atoms with Crippen LogP contribution in [-0.2, 0) is 16.1 Å². The maximum absolute atomic E-state index is 12.1. The molecule has 1 fully saturated rings. The van der Waals surface area contributed by atoms with Gasteiger partial charge in [0.15, 0.2) is 0 Å². The summed E-state index contributed by atoms with van der Waals surface area (Å²) < 4.78 is 11.0. The molecule has 0 aromatic heterocycles. The maximum Gasteiger partial charge on any atom is 0.226 e. The van der Waals surface area contributed by atoms with Gasteiger partial charge >= 0.3 is 0 Å². The van der Waals surface area contributed by atoms with Crippen molar-refractivity contribution in [3.63, 3.8) is 0 Å². The van der Waals surface area contributed by atoms with E-state index in [1.165, 1.54) is 0 Å². The molecule has 1 N–H and O–H groups in total. The van der Waals surface area contributed by atoms with Gasteiger partial charge in [-0.05, 0) is 29.7 Å². The Labute approximate surface area is 147 Å². The van der Waals surface area contributed by atoms with E-state index in [9.17, 15) is 10.1 Å². The quantitative estimate of drug-likeness (QED) is 0.880. The molecule has 2 aromatic carbocycles. The predicted molar refractivity (Wildman–Crippen MR) is 92.6 cm³/mol. The zero-order valence-electron chi connectivity index (χ0n) is 13.9. The molecule has 0 bridgehead atoms. The number of rotatable bonds is 6. The molecule has 0 unspecified atom stereocenters. The second-order valence-corrected chi connectivity index (χ2v) is 5.97. The number of nitrogens with zero attached hydrogens (tertiary/aromatic N) is 1. The van der Waals surface area contributed by atoms with Gasteiger partial charge in [-0.25, -0.2) is 0 Å². The Bertz CT molecular complexity index is 732. The van der Waals surface area contributed by atoms with Crippen molar-refractivity contribution in [1.29, 1.82) is 5.26 Å². The van der Waals surface area contributed by atoms with Gasteiger partial charge in [0, 0.05) is 6.61 Å². The predicted octanol–water partition coefficient (Wildman–Crippen LogP) is 2.98. The van der Waals surface area contributed by atoms with Gasteiger partial charge in [0.25, 0.3) is 0 Å². The first-order chi connectivity index (χ1) is 12.3. The van der Waals surface area contributed by atoms with Crippen molar-refractivity contribution in [3.8, 4) is 11.8 Å². The minimum Gasteiger partial charge on any atom is -0.489 e. The van der Waals surface area contributed by atoms with E-state index in [1.54, 1.807) is 12.1 Å². The van der Waals surface area contributed by atoms with Crippen LogP contribution in [0.15, 0.2) is 54.6 Å². The van der Waals surface area contributed by atoms with Crippen molar-refractivity contribution in [1.82, 2.24) is 5.32 Å². The number of nitrogens with one attached hydrogen (secondary N) is 1. The van der Waals surface area contributed by atoms with Crippen molar-refractivity contribution in [2.24, 2.45) is 5.92 Å². The van der Waals surface area contributed by atoms with Gasteiger partial charge in [-0.3, -0.25) is 4.79 Å². The highest BCUT2D eigenvalue weighted by Crippen LogP contribution is 2.20. The third kappa shape index (κ3) is 4.59. The first-order valence-electron chi connectivity index (χ1n) is 8.30. The highest BCUT2D eigenvalue weighted by atomic mass is 16.5.